The molecule has 0 aliphatic rings. The Balaban J connectivity index is 4.21. The van der Waals surface area contributed by atoms with Crippen molar-refractivity contribution in [1.29, 1.82) is 0 Å². The number of rotatable bonds is 33. The van der Waals surface area contributed by atoms with Gasteiger partial charge >= 0.3 is 21.6 Å². The number of phosphoric acid groups is 2. The molecule has 0 fully saturated rings. The van der Waals surface area contributed by atoms with E-state index in [2.05, 4.69) is 0 Å². The van der Waals surface area contributed by atoms with Gasteiger partial charge in [0.25, 0.3) is 5.91 Å². The van der Waals surface area contributed by atoms with Gasteiger partial charge in [0.2, 0.25) is 0 Å². The number of amides is 1. The summed E-state index contributed by atoms with van der Waals surface area (Å²) >= 11 is 1.42. The molecule has 0 aromatic carbocycles. The van der Waals surface area contributed by atoms with Crippen molar-refractivity contribution in [3.63, 3.8) is 0 Å². The molecular weight excluding hydrogens is 780 g/mol. The molecule has 0 heterocycles. The van der Waals surface area contributed by atoms with Gasteiger partial charge in [-0.3, -0.25) is 32.5 Å². The molecule has 0 saturated heterocycles. The van der Waals surface area contributed by atoms with Crippen LogP contribution in [-0.4, -0.2) is 114 Å². The number of phosphoric ester groups is 2. The van der Waals surface area contributed by atoms with Crippen molar-refractivity contribution in [3.8, 4) is 0 Å². The molecule has 0 radical (unpaired) electrons. The maximum absolute atomic E-state index is 12.4. The minimum atomic E-state index is -4.15. The first-order valence-corrected chi connectivity index (χ1v) is 22.2. The number of carbonyl (C=O) groups excluding carboxylic acids is 3. The van der Waals surface area contributed by atoms with Gasteiger partial charge < -0.3 is 34.8 Å². The number of nitrogens with two attached hydrogens (primary N) is 1. The number of carbonyl (C=O) groups is 4. The molecule has 0 aromatic rings. The van der Waals surface area contributed by atoms with Crippen LogP contribution in [0.5, 0.6) is 0 Å². The van der Waals surface area contributed by atoms with Crippen LogP contribution < -0.4 is 5.73 Å². The Bertz CT molecular complexity index is 1250. The molecule has 310 valence electrons. The van der Waals surface area contributed by atoms with Crippen LogP contribution in [0.1, 0.15) is 92.9 Å². The highest BCUT2D eigenvalue weighted by Gasteiger charge is 2.29. The largest absolute Gasteiger partial charge is 0.477 e. The highest BCUT2D eigenvalue weighted by Crippen LogP contribution is 2.47. The second-order valence-corrected chi connectivity index (χ2v) is 18.2. The predicted molar refractivity (Wildman–Crippen MR) is 201 cm³/mol. The molecule has 21 heteroatoms. The van der Waals surface area contributed by atoms with Crippen molar-refractivity contribution < 1.29 is 75.5 Å². The fourth-order valence-electron chi connectivity index (χ4n) is 3.93. The second-order valence-electron chi connectivity index (χ2n) is 13.5. The number of carboxylic acid groups (broad SMARTS) is 1. The van der Waals surface area contributed by atoms with Crippen LogP contribution in [0.2, 0.25) is 0 Å². The van der Waals surface area contributed by atoms with E-state index in [1.807, 2.05) is 0 Å². The molecule has 0 saturated carbocycles. The van der Waals surface area contributed by atoms with Crippen LogP contribution in [-0.2, 0) is 60.6 Å². The number of thioether (sulfide) groups is 2. The lowest BCUT2D eigenvalue weighted by atomic mass is 10.1. The third-order valence-corrected chi connectivity index (χ3v) is 11.0. The van der Waals surface area contributed by atoms with Crippen LogP contribution in [0.25, 0.3) is 0 Å². The fraction of sp³-hybridized carbons (Fsp3) is 0.812. The van der Waals surface area contributed by atoms with Gasteiger partial charge in [0.05, 0.1) is 73.9 Å². The van der Waals surface area contributed by atoms with E-state index in [1.165, 1.54) is 0 Å². The zero-order valence-corrected chi connectivity index (χ0v) is 35.1. The molecule has 0 aromatic heterocycles. The number of hydrogen-bond acceptors (Lipinski definition) is 15. The molecule has 5 N–H and O–H groups in total. The van der Waals surface area contributed by atoms with Gasteiger partial charge in [-0.05, 0) is 60.8 Å². The molecule has 0 spiro atoms. The monoisotopic (exact) mass is 839 g/mol. The van der Waals surface area contributed by atoms with E-state index < -0.39 is 38.7 Å². The Morgan fingerprint density at radius 2 is 0.962 bits per heavy atom. The second kappa shape index (κ2) is 27.4. The van der Waals surface area contributed by atoms with Crippen molar-refractivity contribution >= 4 is 62.6 Å². The zero-order chi connectivity index (χ0) is 40.6. The first kappa shape index (κ1) is 51.8. The first-order chi connectivity index (χ1) is 24.5. The lowest BCUT2D eigenvalue weighted by molar-refractivity contribution is -0.132. The van der Waals surface area contributed by atoms with Crippen LogP contribution in [0, 0.1) is 0 Å². The van der Waals surface area contributed by atoms with Gasteiger partial charge in [0.15, 0.2) is 0 Å². The topological polar surface area (TPSA) is 254 Å². The number of ketones is 2. The molecule has 0 rings (SSSR count). The highest BCUT2D eigenvalue weighted by molar-refractivity contribution is 8.08. The summed E-state index contributed by atoms with van der Waals surface area (Å²) in [4.78, 5) is 67.3. The minimum absolute atomic E-state index is 0.0637. The van der Waals surface area contributed by atoms with Crippen molar-refractivity contribution in [3.05, 3.63) is 9.81 Å². The fourth-order valence-corrected chi connectivity index (χ4v) is 8.05. The van der Waals surface area contributed by atoms with Crippen molar-refractivity contribution in [2.24, 2.45) is 5.73 Å². The van der Waals surface area contributed by atoms with Crippen LogP contribution in [0.4, 0.5) is 0 Å². The molecular formula is C32H59NO16P2S2. The van der Waals surface area contributed by atoms with E-state index >= 15 is 0 Å². The number of aliphatic carboxylic acids is 1. The Kier molecular flexibility index (Phi) is 26.8. The maximum atomic E-state index is 12.4. The average molecular weight is 840 g/mol. The van der Waals surface area contributed by atoms with Gasteiger partial charge in [-0.2, -0.15) is 0 Å². The normalized spacial score (nSPS) is 15.0. The molecule has 2 atom stereocenters. The van der Waals surface area contributed by atoms with E-state index in [-0.39, 0.29) is 98.6 Å². The predicted octanol–water partition coefficient (Wildman–Crippen LogP) is 5.41. The molecule has 17 nitrogen and oxygen atoms in total. The molecule has 0 aliphatic carbocycles. The van der Waals surface area contributed by atoms with E-state index in [0.29, 0.717) is 31.0 Å². The first-order valence-electron chi connectivity index (χ1n) is 17.2. The highest BCUT2D eigenvalue weighted by atomic mass is 32.2. The van der Waals surface area contributed by atoms with Gasteiger partial charge in [-0.1, -0.05) is 19.3 Å². The Labute approximate surface area is 321 Å². The molecule has 2 unspecified atom stereocenters. The van der Waals surface area contributed by atoms with Crippen LogP contribution in [0.15, 0.2) is 9.81 Å². The summed E-state index contributed by atoms with van der Waals surface area (Å²) in [7, 11) is -8.27. The minimum Gasteiger partial charge on any atom is -0.477 e. The van der Waals surface area contributed by atoms with E-state index in [1.54, 1.807) is 41.5 Å². The Morgan fingerprint density at radius 3 is 1.43 bits per heavy atom. The summed E-state index contributed by atoms with van der Waals surface area (Å²) in [6, 6.07) is 0. The SMILES string of the molecule is CC(C)(C)OP(=O)(O)OCCCCCCCC(=O)CS/C(C(=O)O)=C(\SCC(=O)CCCOCCOCCOCCOP(=O)(O)OC(C)(C)C)C(N)=O. The maximum Gasteiger partial charge on any atom is 0.472 e. The standard InChI is InChI=1S/C32H59NO16P2S2/c1-31(2,3)48-50(39,40)46-16-11-9-7-8-10-13-25(34)24-53-28(30(37)38)27(29(33)36)52-23-26(35)14-12-15-43-17-18-44-19-20-45-21-22-47-51(41,42)49-32(4,5)6/h7-24H2,1-6H3,(H2,33,36)(H,37,38)(H,39,40)(H,41,42)/b28-27-. The van der Waals surface area contributed by atoms with E-state index in [0.717, 1.165) is 31.0 Å². The van der Waals surface area contributed by atoms with E-state index in [4.69, 9.17) is 38.0 Å². The summed E-state index contributed by atoms with van der Waals surface area (Å²) in [5.41, 5.74) is 3.78. The number of unbranched alkanes of at least 4 members (excludes halogenated alkanes) is 4. The van der Waals surface area contributed by atoms with Gasteiger partial charge in [0.1, 0.15) is 16.5 Å². The van der Waals surface area contributed by atoms with Gasteiger partial charge in [-0.25, -0.2) is 13.9 Å². The number of carboxylic acids is 1. The smallest absolute Gasteiger partial charge is 0.472 e. The third kappa shape index (κ3) is 31.7. The van der Waals surface area contributed by atoms with Gasteiger partial charge in [-0.15, -0.1) is 23.5 Å². The molecule has 0 aliphatic heterocycles. The Morgan fingerprint density at radius 1 is 0.566 bits per heavy atom. The summed E-state index contributed by atoms with van der Waals surface area (Å²) < 4.78 is 59.4. The summed E-state index contributed by atoms with van der Waals surface area (Å²) in [6.07, 6.45) is 4.05. The number of primary amides is 1. The quantitative estimate of drug-likeness (QED) is 0.0366. The molecule has 0 bridgehead atoms. The molecule has 1 amide bonds. The van der Waals surface area contributed by atoms with Gasteiger partial charge in [0, 0.05) is 19.4 Å². The summed E-state index contributed by atoms with van der Waals surface area (Å²) in [5, 5.41) is 9.67. The van der Waals surface area contributed by atoms with Crippen molar-refractivity contribution in [2.75, 3.05) is 64.4 Å². The molecule has 53 heavy (non-hydrogen) atoms. The summed E-state index contributed by atoms with van der Waals surface area (Å²) in [5.74, 6) is -3.22. The number of Topliss-reactive ketones (excluding diaryl/α,β-unsaturated/α-hetero) is 2. The summed E-state index contributed by atoms with van der Waals surface area (Å²) in [6.45, 7) is 11.2. The van der Waals surface area contributed by atoms with Crippen molar-refractivity contribution in [1.82, 2.24) is 0 Å². The van der Waals surface area contributed by atoms with Crippen LogP contribution in [0.3, 0.4) is 0 Å². The van der Waals surface area contributed by atoms with Crippen LogP contribution >= 0.6 is 39.2 Å². The third-order valence-electron chi connectivity index (χ3n) is 5.98. The lowest BCUT2D eigenvalue weighted by Crippen LogP contribution is -2.19. The number of ether oxygens (including phenoxy) is 3. The zero-order valence-electron chi connectivity index (χ0n) is 31.7. The van der Waals surface area contributed by atoms with E-state index in [9.17, 15) is 43.2 Å². The Hall–Kier alpha value is -1.18. The average Bonchev–Trinajstić information content (AvgIpc) is 2.99. The van der Waals surface area contributed by atoms with Crippen molar-refractivity contribution in [2.45, 2.75) is 104 Å². The lowest BCUT2D eigenvalue weighted by Gasteiger charge is -2.22. The number of hydrogen-bond donors (Lipinski definition) is 4.